The van der Waals surface area contributed by atoms with Gasteiger partial charge in [-0.2, -0.15) is 4.39 Å². The minimum absolute atomic E-state index is 0.374. The molecule has 0 atom stereocenters. The third-order valence-corrected chi connectivity index (χ3v) is 4.32. The fourth-order valence-corrected chi connectivity index (χ4v) is 3.03. The monoisotopic (exact) mass is 362 g/mol. The van der Waals surface area contributed by atoms with Gasteiger partial charge in [0.05, 0.1) is 12.3 Å². The topological polar surface area (TPSA) is 76.6 Å². The molecule has 135 valence electrons. The SMILES string of the molecule is CCOc1ccc(-c2[c]nc(F)c(Cc3c[nH]c4ncnc(C)c34)c2)cn1. The molecule has 0 fully saturated rings. The summed E-state index contributed by atoms with van der Waals surface area (Å²) < 4.78 is 19.7. The Morgan fingerprint density at radius 2 is 2.07 bits per heavy atom. The number of fused-ring (bicyclic) bond motifs is 1. The fourth-order valence-electron chi connectivity index (χ4n) is 3.03. The Morgan fingerprint density at radius 1 is 1.19 bits per heavy atom. The molecule has 1 radical (unpaired) electrons. The molecule has 0 bridgehead atoms. The van der Waals surface area contributed by atoms with Crippen molar-refractivity contribution in [3.05, 3.63) is 65.9 Å². The number of nitrogens with one attached hydrogen (secondary N) is 1. The zero-order valence-corrected chi connectivity index (χ0v) is 15.0. The average molecular weight is 362 g/mol. The lowest BCUT2D eigenvalue weighted by atomic mass is 10.0. The summed E-state index contributed by atoms with van der Waals surface area (Å²) in [5.74, 6) is 0.00677. The highest BCUT2D eigenvalue weighted by Gasteiger charge is 2.13. The molecule has 0 saturated heterocycles. The van der Waals surface area contributed by atoms with Gasteiger partial charge >= 0.3 is 0 Å². The lowest BCUT2D eigenvalue weighted by Crippen LogP contribution is -1.98. The van der Waals surface area contributed by atoms with Crippen LogP contribution in [0.3, 0.4) is 0 Å². The normalized spacial score (nSPS) is 11.1. The number of aromatic nitrogens is 5. The highest BCUT2D eigenvalue weighted by molar-refractivity contribution is 5.82. The largest absolute Gasteiger partial charge is 0.478 e. The van der Waals surface area contributed by atoms with E-state index in [9.17, 15) is 4.39 Å². The molecular formula is C20H17FN5O. The van der Waals surface area contributed by atoms with Crippen molar-refractivity contribution in [2.45, 2.75) is 20.3 Å². The van der Waals surface area contributed by atoms with Crippen LogP contribution in [0.25, 0.3) is 22.2 Å². The van der Waals surface area contributed by atoms with Crippen molar-refractivity contribution < 1.29 is 9.13 Å². The van der Waals surface area contributed by atoms with Crippen molar-refractivity contribution >= 4 is 11.0 Å². The third-order valence-electron chi connectivity index (χ3n) is 4.32. The quantitative estimate of drug-likeness (QED) is 0.549. The van der Waals surface area contributed by atoms with Crippen molar-refractivity contribution in [2.75, 3.05) is 6.61 Å². The van der Waals surface area contributed by atoms with E-state index in [1.165, 1.54) is 6.33 Å². The van der Waals surface area contributed by atoms with Crippen molar-refractivity contribution in [1.82, 2.24) is 24.9 Å². The molecule has 0 spiro atoms. The molecule has 27 heavy (non-hydrogen) atoms. The van der Waals surface area contributed by atoms with Crippen LogP contribution in [-0.2, 0) is 6.42 Å². The fraction of sp³-hybridized carbons (Fsp3) is 0.200. The van der Waals surface area contributed by atoms with Gasteiger partial charge in [0.2, 0.25) is 11.8 Å². The van der Waals surface area contributed by atoms with Crippen LogP contribution >= 0.6 is 0 Å². The first-order valence-corrected chi connectivity index (χ1v) is 8.59. The average Bonchev–Trinajstić information content (AvgIpc) is 3.09. The van der Waals surface area contributed by atoms with Crippen LogP contribution in [0.4, 0.5) is 4.39 Å². The van der Waals surface area contributed by atoms with E-state index in [-0.39, 0.29) is 0 Å². The molecule has 6 nitrogen and oxygen atoms in total. The minimum Gasteiger partial charge on any atom is -0.478 e. The first-order valence-electron chi connectivity index (χ1n) is 8.59. The van der Waals surface area contributed by atoms with Crippen LogP contribution in [0.15, 0.2) is 36.9 Å². The molecule has 4 aromatic rings. The van der Waals surface area contributed by atoms with E-state index in [0.29, 0.717) is 30.0 Å². The second kappa shape index (κ2) is 7.11. The van der Waals surface area contributed by atoms with E-state index in [0.717, 1.165) is 27.9 Å². The number of pyridine rings is 2. The van der Waals surface area contributed by atoms with Crippen molar-refractivity contribution in [1.29, 1.82) is 0 Å². The molecule has 0 amide bonds. The molecule has 0 aliphatic carbocycles. The van der Waals surface area contributed by atoms with Gasteiger partial charge in [0.1, 0.15) is 18.2 Å². The van der Waals surface area contributed by atoms with Crippen LogP contribution in [0.1, 0.15) is 23.7 Å². The van der Waals surface area contributed by atoms with Gasteiger partial charge in [-0.15, -0.1) is 0 Å². The van der Waals surface area contributed by atoms with E-state index in [4.69, 9.17) is 4.74 Å². The van der Waals surface area contributed by atoms with Gasteiger partial charge < -0.3 is 9.72 Å². The zero-order chi connectivity index (χ0) is 18.8. The smallest absolute Gasteiger partial charge is 0.217 e. The Hall–Kier alpha value is -3.35. The second-order valence-electron chi connectivity index (χ2n) is 6.09. The summed E-state index contributed by atoms with van der Waals surface area (Å²) in [6.45, 7) is 4.36. The number of aromatic amines is 1. The van der Waals surface area contributed by atoms with Gasteiger partial charge in [-0.1, -0.05) is 0 Å². The first kappa shape index (κ1) is 17.1. The van der Waals surface area contributed by atoms with E-state index in [2.05, 4.69) is 31.1 Å². The summed E-state index contributed by atoms with van der Waals surface area (Å²) in [6, 6.07) is 5.38. The first-order chi connectivity index (χ1) is 13.2. The molecule has 4 rings (SSSR count). The van der Waals surface area contributed by atoms with Crippen LogP contribution in [0.5, 0.6) is 5.88 Å². The minimum atomic E-state index is -0.540. The molecule has 4 aromatic heterocycles. The molecule has 1 N–H and O–H groups in total. The number of hydrogen-bond donors (Lipinski definition) is 1. The summed E-state index contributed by atoms with van der Waals surface area (Å²) >= 11 is 0. The van der Waals surface area contributed by atoms with Gasteiger partial charge in [-0.25, -0.2) is 19.9 Å². The third kappa shape index (κ3) is 3.36. The second-order valence-corrected chi connectivity index (χ2v) is 6.09. The number of aryl methyl sites for hydroxylation is 1. The van der Waals surface area contributed by atoms with E-state index >= 15 is 0 Å². The van der Waals surface area contributed by atoms with Crippen molar-refractivity contribution in [3.63, 3.8) is 0 Å². The predicted molar refractivity (Wildman–Crippen MR) is 98.9 cm³/mol. The molecule has 0 aliphatic heterocycles. The molecule has 4 heterocycles. The number of nitrogens with zero attached hydrogens (tertiary/aromatic N) is 4. The van der Waals surface area contributed by atoms with Crippen LogP contribution in [0.2, 0.25) is 0 Å². The summed E-state index contributed by atoms with van der Waals surface area (Å²) in [4.78, 5) is 19.6. The summed E-state index contributed by atoms with van der Waals surface area (Å²) in [5, 5.41) is 0.911. The predicted octanol–water partition coefficient (Wildman–Crippen LogP) is 3.65. The van der Waals surface area contributed by atoms with Crippen LogP contribution < -0.4 is 4.74 Å². The maximum Gasteiger partial charge on any atom is 0.217 e. The summed E-state index contributed by atoms with van der Waals surface area (Å²) in [5.41, 5.74) is 4.46. The van der Waals surface area contributed by atoms with E-state index in [1.807, 2.05) is 26.1 Å². The number of hydrogen-bond acceptors (Lipinski definition) is 5. The Morgan fingerprint density at radius 3 is 2.85 bits per heavy atom. The molecule has 0 saturated carbocycles. The molecule has 0 aliphatic rings. The van der Waals surface area contributed by atoms with Crippen LogP contribution in [-0.4, -0.2) is 31.5 Å². The lowest BCUT2D eigenvalue weighted by Gasteiger charge is -2.07. The molecular weight excluding hydrogens is 345 g/mol. The highest BCUT2D eigenvalue weighted by atomic mass is 19.1. The van der Waals surface area contributed by atoms with E-state index < -0.39 is 5.95 Å². The Balaban J connectivity index is 1.68. The van der Waals surface area contributed by atoms with Crippen molar-refractivity contribution in [2.24, 2.45) is 0 Å². The maximum atomic E-state index is 14.3. The van der Waals surface area contributed by atoms with Gasteiger partial charge in [0.15, 0.2) is 0 Å². The molecule has 0 unspecified atom stereocenters. The molecule has 0 aromatic carbocycles. The Kier molecular flexibility index (Phi) is 4.50. The van der Waals surface area contributed by atoms with Crippen LogP contribution in [0, 0.1) is 19.1 Å². The zero-order valence-electron chi connectivity index (χ0n) is 15.0. The van der Waals surface area contributed by atoms with Crippen molar-refractivity contribution in [3.8, 4) is 17.0 Å². The Bertz CT molecular complexity index is 1090. The maximum absolute atomic E-state index is 14.3. The highest BCUT2D eigenvalue weighted by Crippen LogP contribution is 2.25. The number of rotatable bonds is 5. The van der Waals surface area contributed by atoms with Gasteiger partial charge in [0, 0.05) is 47.0 Å². The van der Waals surface area contributed by atoms with Gasteiger partial charge in [-0.05, 0) is 31.5 Å². The standard InChI is InChI=1S/C20H17FN5O/c1-3-27-17-5-4-13(8-22-17)15-6-14(19(21)23-9-15)7-16-10-24-20-18(16)12(2)25-11-26-20/h4-6,8,10-11H,3,7H2,1-2H3,(H,24,25,26). The Labute approximate surface area is 155 Å². The number of halogens is 1. The molecule has 7 heteroatoms. The lowest BCUT2D eigenvalue weighted by molar-refractivity contribution is 0.327. The van der Waals surface area contributed by atoms with E-state index in [1.54, 1.807) is 18.3 Å². The number of ether oxygens (including phenoxy) is 1. The number of H-pyrrole nitrogens is 1. The summed E-state index contributed by atoms with van der Waals surface area (Å²) in [6.07, 6.45) is 8.12. The van der Waals surface area contributed by atoms with Gasteiger partial charge in [0.25, 0.3) is 0 Å². The summed E-state index contributed by atoms with van der Waals surface area (Å²) in [7, 11) is 0. The van der Waals surface area contributed by atoms with Gasteiger partial charge in [-0.3, -0.25) is 0 Å².